The average molecular weight is 272 g/mol. The fourth-order valence-corrected chi connectivity index (χ4v) is 3.25. The van der Waals surface area contributed by atoms with Crippen LogP contribution in [0.15, 0.2) is 47.6 Å². The van der Waals surface area contributed by atoms with E-state index < -0.39 is 0 Å². The Morgan fingerprint density at radius 3 is 2.58 bits per heavy atom. The summed E-state index contributed by atoms with van der Waals surface area (Å²) in [6.45, 7) is 6.32. The van der Waals surface area contributed by atoms with E-state index in [2.05, 4.69) is 43.1 Å². The Morgan fingerprint density at radius 1 is 1.21 bits per heavy atom. The van der Waals surface area contributed by atoms with Gasteiger partial charge in [0.15, 0.2) is 0 Å². The van der Waals surface area contributed by atoms with Gasteiger partial charge >= 0.3 is 0 Å². The highest BCUT2D eigenvalue weighted by atomic mass is 32.2. The summed E-state index contributed by atoms with van der Waals surface area (Å²) in [5, 5.41) is 0.232. The van der Waals surface area contributed by atoms with Gasteiger partial charge in [0, 0.05) is 23.3 Å². The molecule has 3 heteroatoms. The lowest BCUT2D eigenvalue weighted by Crippen LogP contribution is -2.22. The van der Waals surface area contributed by atoms with Gasteiger partial charge in [-0.3, -0.25) is 4.98 Å². The summed E-state index contributed by atoms with van der Waals surface area (Å²) in [5.41, 5.74) is 9.93. The number of nitrogens with two attached hydrogens (primary N) is 1. The second-order valence-electron chi connectivity index (χ2n) is 4.95. The number of hydrogen-bond acceptors (Lipinski definition) is 3. The Hall–Kier alpha value is -1.32. The van der Waals surface area contributed by atoms with Crippen LogP contribution in [-0.4, -0.2) is 11.0 Å². The lowest BCUT2D eigenvalue weighted by molar-refractivity contribution is 0.719. The van der Waals surface area contributed by atoms with Crippen molar-refractivity contribution in [2.45, 2.75) is 37.0 Å². The number of hydrogen-bond donors (Lipinski definition) is 1. The number of aryl methyl sites for hydroxylation is 2. The molecule has 0 aliphatic rings. The summed E-state index contributed by atoms with van der Waals surface area (Å²) in [6, 6.07) is 10.7. The zero-order valence-electron chi connectivity index (χ0n) is 11.6. The Bertz CT molecular complexity index is 538. The van der Waals surface area contributed by atoms with Crippen LogP contribution < -0.4 is 5.73 Å². The third kappa shape index (κ3) is 3.58. The average Bonchev–Trinajstić information content (AvgIpc) is 2.38. The molecule has 0 fully saturated rings. The van der Waals surface area contributed by atoms with Crippen LogP contribution in [0.25, 0.3) is 0 Å². The minimum Gasteiger partial charge on any atom is -0.327 e. The van der Waals surface area contributed by atoms with Gasteiger partial charge in [-0.25, -0.2) is 0 Å². The zero-order chi connectivity index (χ0) is 13.8. The van der Waals surface area contributed by atoms with Gasteiger partial charge in [-0.15, -0.1) is 11.8 Å². The van der Waals surface area contributed by atoms with Crippen LogP contribution in [0, 0.1) is 13.8 Å². The molecule has 0 radical (unpaired) electrons. The largest absolute Gasteiger partial charge is 0.327 e. The van der Waals surface area contributed by atoms with E-state index in [9.17, 15) is 0 Å². The molecule has 0 saturated heterocycles. The maximum atomic E-state index is 6.15. The number of benzene rings is 1. The third-order valence-corrected chi connectivity index (χ3v) is 4.74. The lowest BCUT2D eigenvalue weighted by Gasteiger charge is -2.21. The number of thioether (sulfide) groups is 1. The molecule has 2 unspecified atom stereocenters. The molecule has 0 amide bonds. The third-order valence-electron chi connectivity index (χ3n) is 3.07. The first-order valence-corrected chi connectivity index (χ1v) is 7.35. The second-order valence-corrected chi connectivity index (χ2v) is 6.14. The summed E-state index contributed by atoms with van der Waals surface area (Å²) in [7, 11) is 0. The van der Waals surface area contributed by atoms with E-state index in [4.69, 9.17) is 5.73 Å². The van der Waals surface area contributed by atoms with Crippen LogP contribution in [-0.2, 0) is 0 Å². The quantitative estimate of drug-likeness (QED) is 0.858. The topological polar surface area (TPSA) is 38.9 Å². The summed E-state index contributed by atoms with van der Waals surface area (Å²) < 4.78 is 0. The van der Waals surface area contributed by atoms with Crippen molar-refractivity contribution in [3.05, 3.63) is 59.4 Å². The number of aromatic nitrogens is 1. The first kappa shape index (κ1) is 14.1. The predicted octanol–water partition coefficient (Wildman–Crippen LogP) is 3.88. The molecule has 0 aliphatic carbocycles. The van der Waals surface area contributed by atoms with E-state index in [1.807, 2.05) is 30.9 Å². The molecule has 0 saturated carbocycles. The molecular weight excluding hydrogens is 252 g/mol. The molecule has 0 bridgehead atoms. The fraction of sp³-hybridized carbons (Fsp3) is 0.312. The van der Waals surface area contributed by atoms with Crippen molar-refractivity contribution in [1.29, 1.82) is 0 Å². The van der Waals surface area contributed by atoms with Crippen LogP contribution in [0.1, 0.15) is 28.9 Å². The Balaban J connectivity index is 2.27. The minimum absolute atomic E-state index is 0.0786. The van der Waals surface area contributed by atoms with Crippen LogP contribution in [0.4, 0.5) is 0 Å². The monoisotopic (exact) mass is 272 g/mol. The lowest BCUT2D eigenvalue weighted by atomic mass is 10.1. The molecule has 0 aliphatic heterocycles. The van der Waals surface area contributed by atoms with Gasteiger partial charge in [0.25, 0.3) is 0 Å². The van der Waals surface area contributed by atoms with E-state index in [0.717, 1.165) is 0 Å². The molecule has 100 valence electrons. The number of nitrogens with zero attached hydrogens (tertiary/aromatic N) is 1. The van der Waals surface area contributed by atoms with Crippen molar-refractivity contribution in [2.24, 2.45) is 5.73 Å². The van der Waals surface area contributed by atoms with Gasteiger partial charge in [0.05, 0.1) is 5.25 Å². The van der Waals surface area contributed by atoms with Gasteiger partial charge < -0.3 is 5.73 Å². The molecule has 2 N–H and O–H groups in total. The van der Waals surface area contributed by atoms with Gasteiger partial charge in [-0.05, 0) is 44.0 Å². The molecule has 19 heavy (non-hydrogen) atoms. The van der Waals surface area contributed by atoms with Crippen LogP contribution in [0.2, 0.25) is 0 Å². The van der Waals surface area contributed by atoms with Crippen molar-refractivity contribution in [2.75, 3.05) is 0 Å². The van der Waals surface area contributed by atoms with Gasteiger partial charge in [-0.2, -0.15) is 0 Å². The molecular formula is C16H20N2S. The summed E-state index contributed by atoms with van der Waals surface area (Å²) in [6.07, 6.45) is 3.70. The fourth-order valence-electron chi connectivity index (χ4n) is 2.09. The first-order valence-electron chi connectivity index (χ1n) is 6.47. The molecule has 1 heterocycles. The van der Waals surface area contributed by atoms with Crippen molar-refractivity contribution in [1.82, 2.24) is 4.98 Å². The predicted molar refractivity (Wildman–Crippen MR) is 82.4 cm³/mol. The van der Waals surface area contributed by atoms with Gasteiger partial charge in [0.2, 0.25) is 0 Å². The van der Waals surface area contributed by atoms with E-state index in [1.165, 1.54) is 21.6 Å². The normalized spacial score (nSPS) is 14.1. The number of rotatable bonds is 4. The molecule has 2 nitrogen and oxygen atoms in total. The van der Waals surface area contributed by atoms with E-state index >= 15 is 0 Å². The molecule has 0 spiro atoms. The minimum atomic E-state index is 0.0786. The van der Waals surface area contributed by atoms with Crippen LogP contribution >= 0.6 is 11.8 Å². The van der Waals surface area contributed by atoms with Crippen molar-refractivity contribution >= 4 is 11.8 Å². The number of pyridine rings is 1. The first-order chi connectivity index (χ1) is 9.08. The van der Waals surface area contributed by atoms with Crippen molar-refractivity contribution < 1.29 is 0 Å². The van der Waals surface area contributed by atoms with Crippen LogP contribution in [0.3, 0.4) is 0 Å². The van der Waals surface area contributed by atoms with Gasteiger partial charge in [-0.1, -0.05) is 23.8 Å². The molecule has 2 rings (SSSR count). The SMILES string of the molecule is Cc1ccc(SC(c2cccnc2)C(C)N)c(C)c1. The zero-order valence-corrected chi connectivity index (χ0v) is 12.4. The van der Waals surface area contributed by atoms with Crippen LogP contribution in [0.5, 0.6) is 0 Å². The highest BCUT2D eigenvalue weighted by Gasteiger charge is 2.18. The molecule has 1 aromatic carbocycles. The van der Waals surface area contributed by atoms with Crippen molar-refractivity contribution in [3.63, 3.8) is 0 Å². The Labute approximate surface area is 119 Å². The van der Waals surface area contributed by atoms with E-state index in [0.29, 0.717) is 0 Å². The summed E-state index contributed by atoms with van der Waals surface area (Å²) in [4.78, 5) is 5.49. The molecule has 2 atom stereocenters. The van der Waals surface area contributed by atoms with Gasteiger partial charge in [0.1, 0.15) is 0 Å². The Kier molecular flexibility index (Phi) is 4.61. The smallest absolute Gasteiger partial charge is 0.0508 e. The highest BCUT2D eigenvalue weighted by Crippen LogP contribution is 2.38. The standard InChI is InChI=1S/C16H20N2S/c1-11-6-7-15(12(2)9-11)19-16(13(3)17)14-5-4-8-18-10-14/h4-10,13,16H,17H2,1-3H3. The summed E-state index contributed by atoms with van der Waals surface area (Å²) >= 11 is 1.82. The summed E-state index contributed by atoms with van der Waals surface area (Å²) in [5.74, 6) is 0. The second kappa shape index (κ2) is 6.22. The van der Waals surface area contributed by atoms with E-state index in [1.54, 1.807) is 6.20 Å². The molecule has 2 aromatic rings. The molecule has 1 aromatic heterocycles. The van der Waals surface area contributed by atoms with Crippen molar-refractivity contribution in [3.8, 4) is 0 Å². The highest BCUT2D eigenvalue weighted by molar-refractivity contribution is 7.99. The Morgan fingerprint density at radius 2 is 2.00 bits per heavy atom. The van der Waals surface area contributed by atoms with E-state index in [-0.39, 0.29) is 11.3 Å². The maximum Gasteiger partial charge on any atom is 0.0508 e. The maximum absolute atomic E-state index is 6.15.